The van der Waals surface area contributed by atoms with Gasteiger partial charge in [0.05, 0.1) is 12.7 Å². The zero-order valence-electron chi connectivity index (χ0n) is 10.2. The van der Waals surface area contributed by atoms with Crippen LogP contribution in [-0.2, 0) is 9.53 Å². The zero-order valence-corrected chi connectivity index (χ0v) is 10.2. The van der Waals surface area contributed by atoms with Crippen LogP contribution in [0.4, 0.5) is 8.78 Å². The minimum absolute atomic E-state index is 0.227. The Kier molecular flexibility index (Phi) is 3.78. The van der Waals surface area contributed by atoms with Crippen LogP contribution >= 0.6 is 0 Å². The first-order valence-corrected chi connectivity index (χ1v) is 5.32. The lowest BCUT2D eigenvalue weighted by Gasteiger charge is -2.00. The first kappa shape index (κ1) is 13.7. The molecule has 0 saturated heterocycles. The number of hydrogen-bond donors (Lipinski definition) is 1. The average molecular weight is 285 g/mol. The van der Waals surface area contributed by atoms with Crippen molar-refractivity contribution < 1.29 is 28.3 Å². The molecule has 0 radical (unpaired) electrons. The molecular formula is C11H9F2N3O4. The van der Waals surface area contributed by atoms with Crippen molar-refractivity contribution in [2.24, 2.45) is 0 Å². The van der Waals surface area contributed by atoms with Crippen molar-refractivity contribution in [2.75, 3.05) is 13.7 Å². The second-order valence-electron chi connectivity index (χ2n) is 3.60. The molecule has 0 aliphatic heterocycles. The summed E-state index contributed by atoms with van der Waals surface area (Å²) in [6, 6.07) is 2.27. The highest BCUT2D eigenvalue weighted by atomic mass is 19.1. The Morgan fingerprint density at radius 2 is 2.20 bits per heavy atom. The number of benzene rings is 1. The Morgan fingerprint density at radius 3 is 2.90 bits per heavy atom. The first-order valence-electron chi connectivity index (χ1n) is 5.32. The molecule has 0 bridgehead atoms. The minimum atomic E-state index is -0.798. The molecule has 1 aromatic carbocycles. The molecule has 0 atom stereocenters. The molecule has 0 aliphatic rings. The summed E-state index contributed by atoms with van der Waals surface area (Å²) in [5.74, 6) is -2.55. The molecule has 0 unspecified atom stereocenters. The van der Waals surface area contributed by atoms with E-state index in [2.05, 4.69) is 14.8 Å². The summed E-state index contributed by atoms with van der Waals surface area (Å²) in [5.41, 5.74) is -0.298. The molecule has 0 amide bonds. The van der Waals surface area contributed by atoms with Crippen molar-refractivity contribution in [2.45, 2.75) is 0 Å². The van der Waals surface area contributed by atoms with Gasteiger partial charge in [-0.3, -0.25) is 0 Å². The van der Waals surface area contributed by atoms with Gasteiger partial charge in [0, 0.05) is 0 Å². The molecule has 7 nitrogen and oxygen atoms in total. The van der Waals surface area contributed by atoms with Crippen LogP contribution in [0, 0.1) is 11.6 Å². The van der Waals surface area contributed by atoms with Gasteiger partial charge in [-0.05, 0) is 18.2 Å². The van der Waals surface area contributed by atoms with Crippen LogP contribution in [0.2, 0.25) is 0 Å². The van der Waals surface area contributed by atoms with Gasteiger partial charge < -0.3 is 14.7 Å². The van der Waals surface area contributed by atoms with Gasteiger partial charge in [0.25, 0.3) is 0 Å². The summed E-state index contributed by atoms with van der Waals surface area (Å²) in [7, 11) is 1.16. The maximum absolute atomic E-state index is 13.5. The van der Waals surface area contributed by atoms with Crippen molar-refractivity contribution in [3.63, 3.8) is 0 Å². The highest BCUT2D eigenvalue weighted by Crippen LogP contribution is 2.23. The van der Waals surface area contributed by atoms with Gasteiger partial charge in [-0.1, -0.05) is 9.94 Å². The van der Waals surface area contributed by atoms with Gasteiger partial charge in [0.2, 0.25) is 5.82 Å². The van der Waals surface area contributed by atoms with Crippen molar-refractivity contribution in [1.82, 2.24) is 14.9 Å². The van der Waals surface area contributed by atoms with E-state index < -0.39 is 24.2 Å². The zero-order chi connectivity index (χ0) is 14.7. The molecule has 1 aromatic heterocycles. The van der Waals surface area contributed by atoms with Gasteiger partial charge in [-0.2, -0.15) is 4.98 Å². The number of carbonyl (C=O) groups is 1. The fraction of sp³-hybridized carbons (Fsp3) is 0.182. The molecule has 2 rings (SSSR count). The third-order valence-corrected chi connectivity index (χ3v) is 2.29. The first-order chi connectivity index (χ1) is 9.51. The lowest BCUT2D eigenvalue weighted by Crippen LogP contribution is -2.13. The number of aromatic nitrogens is 3. The summed E-state index contributed by atoms with van der Waals surface area (Å²) < 4.78 is 35.8. The molecule has 9 heteroatoms. The molecular weight excluding hydrogens is 276 g/mol. The summed E-state index contributed by atoms with van der Waals surface area (Å²) in [6.45, 7) is -0.481. The quantitative estimate of drug-likeness (QED) is 0.666. The van der Waals surface area contributed by atoms with E-state index in [1.807, 2.05) is 0 Å². The SMILES string of the molecule is COC(=O)COc1nc(-c2cc(F)ccc2F)n(O)n1. The second kappa shape index (κ2) is 5.51. The van der Waals surface area contributed by atoms with E-state index in [1.165, 1.54) is 0 Å². The normalized spacial score (nSPS) is 10.3. The monoisotopic (exact) mass is 285 g/mol. The standard InChI is InChI=1S/C11H9F2N3O4/c1-19-9(17)5-20-11-14-10(16(18)15-11)7-4-6(12)2-3-8(7)13/h2-4,18H,5H2,1H3. The molecule has 0 spiro atoms. The van der Waals surface area contributed by atoms with Gasteiger partial charge in [-0.25, -0.2) is 13.6 Å². The number of hydrogen-bond acceptors (Lipinski definition) is 6. The van der Waals surface area contributed by atoms with Crippen molar-refractivity contribution in [1.29, 1.82) is 0 Å². The van der Waals surface area contributed by atoms with Crippen molar-refractivity contribution in [3.05, 3.63) is 29.8 Å². The summed E-state index contributed by atoms with van der Waals surface area (Å²) in [6.07, 6.45) is 0. The van der Waals surface area contributed by atoms with E-state index in [1.54, 1.807) is 0 Å². The van der Waals surface area contributed by atoms with Crippen LogP contribution < -0.4 is 4.74 Å². The number of rotatable bonds is 4. The van der Waals surface area contributed by atoms with Gasteiger partial charge in [-0.15, -0.1) is 0 Å². The number of halogens is 2. The number of ether oxygens (including phenoxy) is 2. The van der Waals surface area contributed by atoms with E-state index in [4.69, 9.17) is 4.74 Å². The smallest absolute Gasteiger partial charge is 0.344 e. The molecule has 0 fully saturated rings. The van der Waals surface area contributed by atoms with Gasteiger partial charge in [0.1, 0.15) is 11.6 Å². The Balaban J connectivity index is 2.27. The molecule has 2 aromatic rings. The molecule has 1 N–H and O–H groups in total. The molecule has 1 heterocycles. The van der Waals surface area contributed by atoms with E-state index in [0.717, 1.165) is 25.3 Å². The van der Waals surface area contributed by atoms with Crippen LogP contribution in [0.5, 0.6) is 6.01 Å². The third kappa shape index (κ3) is 2.82. The Bertz CT molecular complexity index is 645. The van der Waals surface area contributed by atoms with Crippen molar-refractivity contribution in [3.8, 4) is 17.4 Å². The van der Waals surface area contributed by atoms with E-state index >= 15 is 0 Å². The average Bonchev–Trinajstić information content (AvgIpc) is 2.80. The van der Waals surface area contributed by atoms with Crippen LogP contribution in [-0.4, -0.2) is 39.8 Å². The Hall–Kier alpha value is -2.71. The highest BCUT2D eigenvalue weighted by molar-refractivity contribution is 5.70. The maximum atomic E-state index is 13.5. The van der Waals surface area contributed by atoms with Crippen LogP contribution in [0.1, 0.15) is 0 Å². The van der Waals surface area contributed by atoms with Crippen LogP contribution in [0.25, 0.3) is 11.4 Å². The Labute approximate surface area is 111 Å². The van der Waals surface area contributed by atoms with E-state index in [0.29, 0.717) is 0 Å². The molecule has 0 saturated carbocycles. The van der Waals surface area contributed by atoms with Gasteiger partial charge >= 0.3 is 12.0 Å². The number of nitrogens with zero attached hydrogens (tertiary/aromatic N) is 3. The minimum Gasteiger partial charge on any atom is -0.466 e. The molecule has 106 valence electrons. The lowest BCUT2D eigenvalue weighted by molar-refractivity contribution is -0.143. The topological polar surface area (TPSA) is 86.5 Å². The number of carbonyl (C=O) groups excluding carboxylic acids is 1. The fourth-order valence-corrected chi connectivity index (χ4v) is 1.37. The fourth-order valence-electron chi connectivity index (χ4n) is 1.37. The van der Waals surface area contributed by atoms with Crippen LogP contribution in [0.3, 0.4) is 0 Å². The summed E-state index contributed by atoms with van der Waals surface area (Å²) in [5, 5.41) is 12.9. The molecule has 20 heavy (non-hydrogen) atoms. The van der Waals surface area contributed by atoms with Crippen LogP contribution in [0.15, 0.2) is 18.2 Å². The largest absolute Gasteiger partial charge is 0.466 e. The maximum Gasteiger partial charge on any atom is 0.344 e. The predicted octanol–water partition coefficient (Wildman–Crippen LogP) is 1.01. The summed E-state index contributed by atoms with van der Waals surface area (Å²) >= 11 is 0. The highest BCUT2D eigenvalue weighted by Gasteiger charge is 2.17. The molecule has 0 aliphatic carbocycles. The second-order valence-corrected chi connectivity index (χ2v) is 3.60. The summed E-state index contributed by atoms with van der Waals surface area (Å²) in [4.78, 5) is 14.7. The number of esters is 1. The van der Waals surface area contributed by atoms with E-state index in [-0.39, 0.29) is 22.2 Å². The van der Waals surface area contributed by atoms with Crippen molar-refractivity contribution >= 4 is 5.97 Å². The Morgan fingerprint density at radius 1 is 1.45 bits per heavy atom. The number of methoxy groups -OCH3 is 1. The van der Waals surface area contributed by atoms with E-state index in [9.17, 15) is 18.8 Å². The lowest BCUT2D eigenvalue weighted by atomic mass is 10.2. The predicted molar refractivity (Wildman–Crippen MR) is 60.1 cm³/mol. The van der Waals surface area contributed by atoms with Gasteiger partial charge in [0.15, 0.2) is 6.61 Å². The third-order valence-electron chi connectivity index (χ3n) is 2.29.